The van der Waals surface area contributed by atoms with E-state index in [9.17, 15) is 14.0 Å². The first-order valence-electron chi connectivity index (χ1n) is 10.4. The summed E-state index contributed by atoms with van der Waals surface area (Å²) in [5.74, 6) is 0.0934. The third kappa shape index (κ3) is 5.63. The lowest BCUT2D eigenvalue weighted by Gasteiger charge is -2.42. The second-order valence-electron chi connectivity index (χ2n) is 8.10. The summed E-state index contributed by atoms with van der Waals surface area (Å²) in [6, 6.07) is 6.57. The van der Waals surface area contributed by atoms with Crippen LogP contribution in [0.5, 0.6) is 0 Å². The number of nitrogens with one attached hydrogen (secondary N) is 1. The van der Waals surface area contributed by atoms with Crippen molar-refractivity contribution in [1.29, 1.82) is 0 Å². The lowest BCUT2D eigenvalue weighted by Crippen LogP contribution is -2.59. The Kier molecular flexibility index (Phi) is 9.34. The maximum atomic E-state index is 13.3. The molecule has 3 aliphatic heterocycles. The molecule has 0 radical (unpaired) electrons. The lowest BCUT2D eigenvalue weighted by molar-refractivity contribution is -0.143. The van der Waals surface area contributed by atoms with Crippen molar-refractivity contribution < 1.29 is 14.0 Å². The summed E-state index contributed by atoms with van der Waals surface area (Å²) in [5, 5.41) is 3.11. The van der Waals surface area contributed by atoms with Crippen LogP contribution in [-0.2, 0) is 16.1 Å². The normalized spacial score (nSPS) is 24.9. The summed E-state index contributed by atoms with van der Waals surface area (Å²) >= 11 is 0. The number of likely N-dealkylation sites (tertiary alicyclic amines) is 2. The van der Waals surface area contributed by atoms with Crippen molar-refractivity contribution in [1.82, 2.24) is 20.0 Å². The maximum Gasteiger partial charge on any atom is 0.240 e. The number of carbonyl (C=O) groups excluding carboxylic acids is 2. The second kappa shape index (κ2) is 11.3. The minimum Gasteiger partial charge on any atom is -0.339 e. The number of piperidine rings is 1. The first kappa shape index (κ1) is 24.9. The highest BCUT2D eigenvalue weighted by molar-refractivity contribution is 5.85. The molecule has 0 bridgehead atoms. The van der Waals surface area contributed by atoms with Crippen LogP contribution < -0.4 is 5.32 Å². The van der Waals surface area contributed by atoms with Gasteiger partial charge in [-0.25, -0.2) is 4.39 Å². The van der Waals surface area contributed by atoms with E-state index in [4.69, 9.17) is 0 Å². The zero-order chi connectivity index (χ0) is 19.5. The number of hydrogen-bond donors (Lipinski definition) is 1. The van der Waals surface area contributed by atoms with Gasteiger partial charge in [0.25, 0.3) is 0 Å². The highest BCUT2D eigenvalue weighted by Crippen LogP contribution is 2.25. The van der Waals surface area contributed by atoms with Gasteiger partial charge in [-0.2, -0.15) is 0 Å². The van der Waals surface area contributed by atoms with E-state index in [0.717, 1.165) is 57.4 Å². The molecule has 9 heteroatoms. The summed E-state index contributed by atoms with van der Waals surface area (Å²) in [6.07, 6.45) is 3.79. The van der Waals surface area contributed by atoms with Crippen LogP contribution in [0.1, 0.15) is 31.2 Å². The van der Waals surface area contributed by atoms with Gasteiger partial charge in [-0.15, -0.1) is 24.8 Å². The van der Waals surface area contributed by atoms with Crippen LogP contribution >= 0.6 is 24.8 Å². The van der Waals surface area contributed by atoms with Crippen molar-refractivity contribution in [3.05, 3.63) is 35.6 Å². The molecule has 0 saturated carbocycles. The predicted octanol–water partition coefficient (Wildman–Crippen LogP) is 2.06. The topological polar surface area (TPSA) is 55.9 Å². The molecule has 0 spiro atoms. The van der Waals surface area contributed by atoms with Crippen LogP contribution in [0.15, 0.2) is 24.3 Å². The molecule has 3 aliphatic rings. The molecule has 4 rings (SSSR count). The predicted molar refractivity (Wildman–Crippen MR) is 119 cm³/mol. The molecule has 30 heavy (non-hydrogen) atoms. The molecule has 168 valence electrons. The minimum absolute atomic E-state index is 0. The van der Waals surface area contributed by atoms with Crippen LogP contribution in [0.25, 0.3) is 0 Å². The summed E-state index contributed by atoms with van der Waals surface area (Å²) < 4.78 is 13.2. The molecule has 0 aliphatic carbocycles. The molecule has 2 unspecified atom stereocenters. The second-order valence-corrected chi connectivity index (χ2v) is 8.10. The third-order valence-electron chi connectivity index (χ3n) is 6.22. The molecule has 1 aromatic carbocycles. The molecule has 2 atom stereocenters. The largest absolute Gasteiger partial charge is 0.339 e. The molecule has 2 amide bonds. The number of amides is 2. The van der Waals surface area contributed by atoms with E-state index < -0.39 is 0 Å². The number of halogens is 3. The van der Waals surface area contributed by atoms with Gasteiger partial charge in [-0.1, -0.05) is 12.1 Å². The van der Waals surface area contributed by atoms with Crippen molar-refractivity contribution in [2.75, 3.05) is 39.3 Å². The van der Waals surface area contributed by atoms with Gasteiger partial charge in [-0.3, -0.25) is 14.5 Å². The van der Waals surface area contributed by atoms with E-state index >= 15 is 0 Å². The Labute approximate surface area is 190 Å². The van der Waals surface area contributed by atoms with Crippen molar-refractivity contribution in [3.63, 3.8) is 0 Å². The Morgan fingerprint density at radius 3 is 2.53 bits per heavy atom. The van der Waals surface area contributed by atoms with Crippen molar-refractivity contribution in [2.24, 2.45) is 0 Å². The number of nitrogens with zero attached hydrogens (tertiary/aromatic N) is 3. The molecule has 6 nitrogen and oxygen atoms in total. The minimum atomic E-state index is -0.236. The van der Waals surface area contributed by atoms with Crippen LogP contribution in [0, 0.1) is 5.82 Å². The van der Waals surface area contributed by atoms with Gasteiger partial charge in [0.2, 0.25) is 11.8 Å². The van der Waals surface area contributed by atoms with Gasteiger partial charge in [0.05, 0.1) is 12.6 Å². The van der Waals surface area contributed by atoms with Crippen LogP contribution in [-0.4, -0.2) is 77.9 Å². The molecule has 0 aromatic heterocycles. The third-order valence-corrected chi connectivity index (χ3v) is 6.22. The zero-order valence-electron chi connectivity index (χ0n) is 17.1. The molecule has 1 aromatic rings. The van der Waals surface area contributed by atoms with E-state index in [0.29, 0.717) is 19.6 Å². The fourth-order valence-corrected chi connectivity index (χ4v) is 4.75. The average Bonchev–Trinajstić information content (AvgIpc) is 3.18. The summed E-state index contributed by atoms with van der Waals surface area (Å²) in [4.78, 5) is 31.6. The highest BCUT2D eigenvalue weighted by Gasteiger charge is 2.37. The summed E-state index contributed by atoms with van der Waals surface area (Å²) in [7, 11) is 0. The fraction of sp³-hybridized carbons (Fsp3) is 0.619. The van der Waals surface area contributed by atoms with E-state index in [2.05, 4.69) is 10.2 Å². The molecule has 3 heterocycles. The molecular weight excluding hydrogens is 430 g/mol. The first-order chi connectivity index (χ1) is 13.6. The fourth-order valence-electron chi connectivity index (χ4n) is 4.75. The number of hydrogen-bond acceptors (Lipinski definition) is 4. The lowest BCUT2D eigenvalue weighted by atomic mass is 10.0. The average molecular weight is 461 g/mol. The van der Waals surface area contributed by atoms with Crippen LogP contribution in [0.4, 0.5) is 4.39 Å². The Hall–Kier alpha value is -1.41. The van der Waals surface area contributed by atoms with Crippen LogP contribution in [0.2, 0.25) is 0 Å². The van der Waals surface area contributed by atoms with E-state index in [1.54, 1.807) is 12.1 Å². The number of rotatable bonds is 4. The molecule has 1 N–H and O–H groups in total. The van der Waals surface area contributed by atoms with Gasteiger partial charge in [0.15, 0.2) is 0 Å². The highest BCUT2D eigenvalue weighted by atomic mass is 35.5. The standard InChI is InChI=1S/C21H29FN4O2.2ClH/c22-17-7-5-16(6-8-17)14-24-10-2-4-19(24)21(28)25-11-1-3-18(15-25)26-12-9-23-13-20(26)27;;/h5-8,18-19,23H,1-4,9-15H2;2*1H. The van der Waals surface area contributed by atoms with E-state index in [1.165, 1.54) is 12.1 Å². The van der Waals surface area contributed by atoms with Gasteiger partial charge in [0.1, 0.15) is 5.82 Å². The first-order valence-corrected chi connectivity index (χ1v) is 10.4. The Bertz CT molecular complexity index is 721. The van der Waals surface area contributed by atoms with Crippen molar-refractivity contribution in [3.8, 4) is 0 Å². The molecule has 3 fully saturated rings. The molecule has 3 saturated heterocycles. The molecular formula is C21H31Cl2FN4O2. The van der Waals surface area contributed by atoms with Crippen molar-refractivity contribution >= 4 is 36.6 Å². The Morgan fingerprint density at radius 1 is 1.07 bits per heavy atom. The summed E-state index contributed by atoms with van der Waals surface area (Å²) in [5.41, 5.74) is 1.03. The van der Waals surface area contributed by atoms with Gasteiger partial charge in [-0.05, 0) is 49.9 Å². The maximum absolute atomic E-state index is 13.3. The number of carbonyl (C=O) groups is 2. The number of piperazine rings is 1. The van der Waals surface area contributed by atoms with Crippen LogP contribution in [0.3, 0.4) is 0 Å². The Balaban J connectivity index is 0.00000160. The van der Waals surface area contributed by atoms with E-state index in [1.807, 2.05) is 9.80 Å². The quantitative estimate of drug-likeness (QED) is 0.746. The Morgan fingerprint density at radius 2 is 1.80 bits per heavy atom. The number of benzene rings is 1. The monoisotopic (exact) mass is 460 g/mol. The zero-order valence-corrected chi connectivity index (χ0v) is 18.7. The van der Waals surface area contributed by atoms with E-state index in [-0.39, 0.29) is 54.5 Å². The van der Waals surface area contributed by atoms with Crippen molar-refractivity contribution in [2.45, 2.75) is 44.3 Å². The SMILES string of the molecule is Cl.Cl.O=C(C1CCCN1Cc1ccc(F)cc1)N1CCCC(N2CCNCC2=O)C1. The summed E-state index contributed by atoms with van der Waals surface area (Å²) in [6.45, 7) is 4.93. The van der Waals surface area contributed by atoms with Gasteiger partial charge in [0, 0.05) is 38.8 Å². The van der Waals surface area contributed by atoms with Gasteiger partial charge < -0.3 is 15.1 Å². The van der Waals surface area contributed by atoms with Gasteiger partial charge >= 0.3 is 0 Å². The smallest absolute Gasteiger partial charge is 0.240 e.